The van der Waals surface area contributed by atoms with Crippen molar-refractivity contribution in [1.29, 1.82) is 5.26 Å². The van der Waals surface area contributed by atoms with Crippen molar-refractivity contribution in [2.24, 2.45) is 0 Å². The number of hydrogen-bond donors (Lipinski definition) is 2. The molecule has 0 atom stereocenters. The minimum absolute atomic E-state index is 0.0979. The Morgan fingerprint density at radius 1 is 1.31 bits per heavy atom. The van der Waals surface area contributed by atoms with Crippen molar-refractivity contribution in [3.63, 3.8) is 0 Å². The van der Waals surface area contributed by atoms with Gasteiger partial charge in [-0.1, -0.05) is 12.1 Å². The van der Waals surface area contributed by atoms with E-state index in [4.69, 9.17) is 0 Å². The SMILES string of the molecule is Cc1c(CN2CCC(Nc3[nH]c(=O)nc4sc(CC(F)(F)F)cc34)CC2)ccc2c1C=C(C#N)C2. The summed E-state index contributed by atoms with van der Waals surface area (Å²) in [5.41, 5.74) is 5.07. The molecule has 2 aromatic heterocycles. The van der Waals surface area contributed by atoms with Crippen LogP contribution < -0.4 is 11.0 Å². The van der Waals surface area contributed by atoms with Gasteiger partial charge in [-0.05, 0) is 54.2 Å². The van der Waals surface area contributed by atoms with Crippen LogP contribution in [0.2, 0.25) is 0 Å². The Bertz CT molecular complexity index is 1410. The van der Waals surface area contributed by atoms with Crippen LogP contribution in [0.15, 0.2) is 28.6 Å². The first-order valence-electron chi connectivity index (χ1n) is 11.5. The summed E-state index contributed by atoms with van der Waals surface area (Å²) >= 11 is 0.906. The standard InChI is InChI=1S/C25H24F3N5OS/c1-14-17(3-2-16-8-15(12-29)9-20(14)16)13-33-6-4-18(5-7-33)30-22-21-10-19(11-25(26,27)28)35-23(21)32-24(34)31-22/h2-3,9-10,18H,4-8,11,13H2,1H3,(H2,30,31,32,34). The number of fused-ring (bicyclic) bond motifs is 2. The van der Waals surface area contributed by atoms with Gasteiger partial charge >= 0.3 is 11.9 Å². The molecule has 6 nitrogen and oxygen atoms in total. The maximum Gasteiger partial charge on any atom is 0.393 e. The van der Waals surface area contributed by atoms with E-state index < -0.39 is 18.3 Å². The first kappa shape index (κ1) is 23.6. The molecule has 0 unspecified atom stereocenters. The number of nitrogens with zero attached hydrogens (tertiary/aromatic N) is 3. The van der Waals surface area contributed by atoms with Gasteiger partial charge in [-0.25, -0.2) is 4.79 Å². The Morgan fingerprint density at radius 3 is 2.80 bits per heavy atom. The zero-order valence-corrected chi connectivity index (χ0v) is 19.9. The molecule has 1 aromatic carbocycles. The normalized spacial score (nSPS) is 16.8. The lowest BCUT2D eigenvalue weighted by Crippen LogP contribution is -2.39. The summed E-state index contributed by atoms with van der Waals surface area (Å²) in [6.45, 7) is 4.64. The number of piperidine rings is 1. The van der Waals surface area contributed by atoms with Crippen LogP contribution in [-0.4, -0.2) is 40.2 Å². The fourth-order valence-corrected chi connectivity index (χ4v) is 5.99. The number of likely N-dealkylation sites (tertiary alicyclic amines) is 1. The summed E-state index contributed by atoms with van der Waals surface area (Å²) in [5, 5.41) is 13.1. The van der Waals surface area contributed by atoms with Gasteiger partial charge in [0.25, 0.3) is 0 Å². The van der Waals surface area contributed by atoms with Crippen LogP contribution in [0, 0.1) is 18.3 Å². The van der Waals surface area contributed by atoms with Gasteiger partial charge in [0.1, 0.15) is 10.6 Å². The lowest BCUT2D eigenvalue weighted by Gasteiger charge is -2.33. The monoisotopic (exact) mass is 499 g/mol. The van der Waals surface area contributed by atoms with E-state index in [0.717, 1.165) is 49.4 Å². The minimum atomic E-state index is -4.31. The number of nitrogens with one attached hydrogen (secondary N) is 2. The van der Waals surface area contributed by atoms with Crippen molar-refractivity contribution in [3.05, 3.63) is 61.4 Å². The first-order valence-corrected chi connectivity index (χ1v) is 12.3. The molecule has 35 heavy (non-hydrogen) atoms. The van der Waals surface area contributed by atoms with Gasteiger partial charge in [0, 0.05) is 42.5 Å². The number of aromatic nitrogens is 2. The van der Waals surface area contributed by atoms with Gasteiger partial charge in [0.15, 0.2) is 0 Å². The second kappa shape index (κ2) is 9.13. The Balaban J connectivity index is 1.25. The van der Waals surface area contributed by atoms with E-state index in [1.807, 2.05) is 6.08 Å². The maximum atomic E-state index is 12.8. The van der Waals surface area contributed by atoms with Crippen molar-refractivity contribution >= 4 is 33.4 Å². The van der Waals surface area contributed by atoms with Crippen LogP contribution >= 0.6 is 11.3 Å². The highest BCUT2D eigenvalue weighted by molar-refractivity contribution is 7.18. The van der Waals surface area contributed by atoms with Gasteiger partial charge in [0.05, 0.1) is 17.9 Å². The lowest BCUT2D eigenvalue weighted by molar-refractivity contribution is -0.126. The smallest absolute Gasteiger partial charge is 0.368 e. The first-order chi connectivity index (χ1) is 16.7. The Hall–Kier alpha value is -3.16. The quantitative estimate of drug-likeness (QED) is 0.520. The average molecular weight is 500 g/mol. The number of H-pyrrole nitrogens is 1. The molecule has 0 spiro atoms. The third-order valence-electron chi connectivity index (χ3n) is 6.73. The van der Waals surface area contributed by atoms with Gasteiger partial charge in [-0.3, -0.25) is 9.88 Å². The summed E-state index contributed by atoms with van der Waals surface area (Å²) in [7, 11) is 0. The molecule has 0 saturated carbocycles. The molecule has 2 aliphatic rings. The van der Waals surface area contributed by atoms with Gasteiger partial charge < -0.3 is 5.32 Å². The number of thiophene rings is 1. The molecule has 1 aliphatic heterocycles. The van der Waals surface area contributed by atoms with E-state index in [1.165, 1.54) is 28.3 Å². The van der Waals surface area contributed by atoms with Crippen molar-refractivity contribution in [1.82, 2.24) is 14.9 Å². The largest absolute Gasteiger partial charge is 0.393 e. The zero-order chi connectivity index (χ0) is 24.7. The Morgan fingerprint density at radius 2 is 2.09 bits per heavy atom. The molecule has 3 heterocycles. The van der Waals surface area contributed by atoms with Crippen LogP contribution in [0.3, 0.4) is 0 Å². The third-order valence-corrected chi connectivity index (χ3v) is 7.76. The van der Waals surface area contributed by atoms with Crippen LogP contribution in [0.1, 0.15) is 40.0 Å². The van der Waals surface area contributed by atoms with Crippen molar-refractivity contribution in [2.75, 3.05) is 18.4 Å². The van der Waals surface area contributed by atoms with Crippen LogP contribution in [-0.2, 0) is 19.4 Å². The highest BCUT2D eigenvalue weighted by Gasteiger charge is 2.29. The van der Waals surface area contributed by atoms with E-state index in [9.17, 15) is 23.2 Å². The van der Waals surface area contributed by atoms with Crippen LogP contribution in [0.5, 0.6) is 0 Å². The molecule has 10 heteroatoms. The number of hydrogen-bond acceptors (Lipinski definition) is 6. The number of benzene rings is 1. The number of allylic oxidation sites excluding steroid dienone is 1. The highest BCUT2D eigenvalue weighted by Crippen LogP contribution is 2.33. The van der Waals surface area contributed by atoms with E-state index in [2.05, 4.69) is 45.3 Å². The fraction of sp³-hybridized carbons (Fsp3) is 0.400. The van der Waals surface area contributed by atoms with Crippen molar-refractivity contribution < 1.29 is 13.2 Å². The fourth-order valence-electron chi connectivity index (χ4n) is 4.93. The van der Waals surface area contributed by atoms with Crippen molar-refractivity contribution in [2.45, 2.75) is 51.4 Å². The molecule has 182 valence electrons. The third kappa shape index (κ3) is 5.11. The summed E-state index contributed by atoms with van der Waals surface area (Å²) in [6.07, 6.45) is -0.963. The molecule has 3 aromatic rings. The van der Waals surface area contributed by atoms with Crippen molar-refractivity contribution in [3.8, 4) is 6.07 Å². The van der Waals surface area contributed by atoms with Crippen LogP contribution in [0.25, 0.3) is 16.3 Å². The van der Waals surface area contributed by atoms with Gasteiger partial charge in [-0.15, -0.1) is 11.3 Å². The highest BCUT2D eigenvalue weighted by atomic mass is 32.1. The topological polar surface area (TPSA) is 84.8 Å². The number of anilines is 1. The molecule has 0 amide bonds. The second-order valence-electron chi connectivity index (χ2n) is 9.22. The summed E-state index contributed by atoms with van der Waals surface area (Å²) in [6, 6.07) is 8.09. The number of rotatable bonds is 5. The molecular formula is C25H24F3N5OS. The van der Waals surface area contributed by atoms with Gasteiger partial charge in [-0.2, -0.15) is 23.4 Å². The molecule has 0 radical (unpaired) electrons. The lowest BCUT2D eigenvalue weighted by atomic mass is 9.97. The number of halogens is 3. The van der Waals surface area contributed by atoms with Crippen LogP contribution in [0.4, 0.5) is 19.0 Å². The summed E-state index contributed by atoms with van der Waals surface area (Å²) in [5.74, 6) is 0.442. The van der Waals surface area contributed by atoms with E-state index in [-0.39, 0.29) is 10.9 Å². The Kier molecular flexibility index (Phi) is 6.15. The molecule has 1 saturated heterocycles. The van der Waals surface area contributed by atoms with Gasteiger partial charge in [0.2, 0.25) is 0 Å². The predicted octanol–water partition coefficient (Wildman–Crippen LogP) is 4.94. The predicted molar refractivity (Wildman–Crippen MR) is 130 cm³/mol. The average Bonchev–Trinajstić information content (AvgIpc) is 3.39. The summed E-state index contributed by atoms with van der Waals surface area (Å²) in [4.78, 5) is 21.4. The Labute approximate surface area is 204 Å². The minimum Gasteiger partial charge on any atom is -0.368 e. The number of nitriles is 1. The summed E-state index contributed by atoms with van der Waals surface area (Å²) < 4.78 is 38.5. The molecule has 1 aliphatic carbocycles. The molecule has 5 rings (SSSR count). The second-order valence-corrected chi connectivity index (χ2v) is 10.3. The molecule has 0 bridgehead atoms. The van der Waals surface area contributed by atoms with E-state index >= 15 is 0 Å². The molecular weight excluding hydrogens is 475 g/mol. The van der Waals surface area contributed by atoms with E-state index in [0.29, 0.717) is 22.5 Å². The molecule has 1 fully saturated rings. The zero-order valence-electron chi connectivity index (χ0n) is 19.1. The number of aromatic amines is 1. The number of alkyl halides is 3. The maximum absolute atomic E-state index is 12.8. The molecule has 2 N–H and O–H groups in total. The van der Waals surface area contributed by atoms with E-state index in [1.54, 1.807) is 0 Å².